The zero-order valence-electron chi connectivity index (χ0n) is 11.2. The van der Waals surface area contributed by atoms with Crippen molar-refractivity contribution < 1.29 is 0 Å². The Morgan fingerprint density at radius 2 is 1.95 bits per heavy atom. The quantitative estimate of drug-likeness (QED) is 0.802. The van der Waals surface area contributed by atoms with Gasteiger partial charge >= 0.3 is 0 Å². The maximum absolute atomic E-state index is 5.90. The fraction of sp³-hybridized carbons (Fsp3) is 0.200. The van der Waals surface area contributed by atoms with Crippen molar-refractivity contribution in [2.24, 2.45) is 0 Å². The molecule has 20 heavy (non-hydrogen) atoms. The lowest BCUT2D eigenvalue weighted by molar-refractivity contribution is 0.703. The van der Waals surface area contributed by atoms with Crippen molar-refractivity contribution in [2.45, 2.75) is 13.1 Å². The van der Waals surface area contributed by atoms with Crippen LogP contribution in [-0.2, 0) is 13.1 Å². The first kappa shape index (κ1) is 13.1. The fourth-order valence-corrected chi connectivity index (χ4v) is 2.32. The molecule has 0 bridgehead atoms. The third-order valence-electron chi connectivity index (χ3n) is 3.16. The van der Waals surface area contributed by atoms with Gasteiger partial charge in [-0.2, -0.15) is 5.10 Å². The van der Waals surface area contributed by atoms with Crippen LogP contribution in [0.4, 0.5) is 0 Å². The number of fused-ring (bicyclic) bond motifs is 1. The highest BCUT2D eigenvalue weighted by Crippen LogP contribution is 2.16. The molecule has 0 aliphatic carbocycles. The lowest BCUT2D eigenvalue weighted by Gasteiger charge is -2.04. The number of aromatic nitrogens is 3. The minimum Gasteiger partial charge on any atom is -0.316 e. The summed E-state index contributed by atoms with van der Waals surface area (Å²) in [5, 5.41) is 9.34. The van der Waals surface area contributed by atoms with Gasteiger partial charge in [-0.05, 0) is 36.4 Å². The first-order valence-electron chi connectivity index (χ1n) is 6.46. The highest BCUT2D eigenvalue weighted by molar-refractivity contribution is 6.30. The second kappa shape index (κ2) is 5.61. The van der Waals surface area contributed by atoms with Crippen molar-refractivity contribution in [1.29, 1.82) is 0 Å². The van der Waals surface area contributed by atoms with Gasteiger partial charge in [0.05, 0.1) is 12.7 Å². The van der Waals surface area contributed by atoms with E-state index in [9.17, 15) is 0 Å². The monoisotopic (exact) mass is 286 g/mol. The van der Waals surface area contributed by atoms with Crippen LogP contribution in [0.2, 0.25) is 5.02 Å². The third kappa shape index (κ3) is 2.66. The topological polar surface area (TPSA) is 42.7 Å². The van der Waals surface area contributed by atoms with E-state index in [2.05, 4.69) is 21.5 Å². The highest BCUT2D eigenvalue weighted by Gasteiger charge is 2.05. The molecular weight excluding hydrogens is 272 g/mol. The van der Waals surface area contributed by atoms with E-state index in [0.717, 1.165) is 33.7 Å². The number of rotatable bonds is 4. The molecule has 1 N–H and O–H groups in total. The Morgan fingerprint density at radius 3 is 2.70 bits per heavy atom. The lowest BCUT2D eigenvalue weighted by atomic mass is 10.2. The Bertz CT molecular complexity index is 718. The molecule has 1 aromatic carbocycles. The first-order valence-corrected chi connectivity index (χ1v) is 6.83. The molecule has 4 nitrogen and oxygen atoms in total. The van der Waals surface area contributed by atoms with Crippen LogP contribution >= 0.6 is 11.6 Å². The van der Waals surface area contributed by atoms with Gasteiger partial charge in [0.2, 0.25) is 0 Å². The zero-order chi connectivity index (χ0) is 13.9. The van der Waals surface area contributed by atoms with Gasteiger partial charge < -0.3 is 5.32 Å². The van der Waals surface area contributed by atoms with Crippen LogP contribution in [0.15, 0.2) is 42.7 Å². The van der Waals surface area contributed by atoms with Crippen LogP contribution in [0.1, 0.15) is 11.1 Å². The second-order valence-electron chi connectivity index (χ2n) is 4.72. The van der Waals surface area contributed by atoms with Crippen molar-refractivity contribution in [1.82, 2.24) is 20.1 Å². The maximum Gasteiger partial charge on any atom is 0.158 e. The number of benzene rings is 1. The van der Waals surface area contributed by atoms with Crippen molar-refractivity contribution in [2.75, 3.05) is 7.05 Å². The molecule has 5 heteroatoms. The predicted octanol–water partition coefficient (Wildman–Crippen LogP) is 2.85. The molecule has 0 amide bonds. The van der Waals surface area contributed by atoms with E-state index in [1.165, 1.54) is 0 Å². The predicted molar refractivity (Wildman–Crippen MR) is 80.8 cm³/mol. The summed E-state index contributed by atoms with van der Waals surface area (Å²) in [6.07, 6.45) is 3.75. The maximum atomic E-state index is 5.90. The summed E-state index contributed by atoms with van der Waals surface area (Å²) in [4.78, 5) is 4.51. The molecule has 0 aliphatic rings. The zero-order valence-corrected chi connectivity index (χ0v) is 11.9. The molecule has 2 aromatic heterocycles. The Balaban J connectivity index is 1.90. The number of nitrogens with zero attached hydrogens (tertiary/aromatic N) is 3. The SMILES string of the molecule is CNCc1cnc2c(cnn2Cc2ccc(Cl)cc2)c1. The molecule has 0 radical (unpaired) electrons. The Morgan fingerprint density at radius 1 is 1.15 bits per heavy atom. The van der Waals surface area contributed by atoms with Crippen molar-refractivity contribution in [3.05, 3.63) is 58.9 Å². The lowest BCUT2D eigenvalue weighted by Crippen LogP contribution is -2.06. The van der Waals surface area contributed by atoms with Gasteiger partial charge in [0, 0.05) is 23.2 Å². The summed E-state index contributed by atoms with van der Waals surface area (Å²) in [5.41, 5.74) is 3.21. The average molecular weight is 287 g/mol. The van der Waals surface area contributed by atoms with Gasteiger partial charge in [-0.1, -0.05) is 23.7 Å². The van der Waals surface area contributed by atoms with Crippen LogP contribution in [0.25, 0.3) is 11.0 Å². The molecule has 102 valence electrons. The second-order valence-corrected chi connectivity index (χ2v) is 5.15. The molecule has 0 saturated carbocycles. The minimum absolute atomic E-state index is 0.693. The summed E-state index contributed by atoms with van der Waals surface area (Å²) in [6, 6.07) is 9.91. The van der Waals surface area contributed by atoms with E-state index in [4.69, 9.17) is 11.6 Å². The van der Waals surface area contributed by atoms with Gasteiger partial charge in [0.25, 0.3) is 0 Å². The molecule has 0 saturated heterocycles. The minimum atomic E-state index is 0.693. The third-order valence-corrected chi connectivity index (χ3v) is 3.41. The van der Waals surface area contributed by atoms with Crippen LogP contribution in [0.3, 0.4) is 0 Å². The number of nitrogens with one attached hydrogen (secondary N) is 1. The normalized spacial score (nSPS) is 11.1. The smallest absolute Gasteiger partial charge is 0.158 e. The summed E-state index contributed by atoms with van der Waals surface area (Å²) >= 11 is 5.90. The number of hydrogen-bond acceptors (Lipinski definition) is 3. The standard InChI is InChI=1S/C15H15ClN4/c1-17-7-12-6-13-9-19-20(15(13)18-8-12)10-11-2-4-14(16)5-3-11/h2-6,8-9,17H,7,10H2,1H3. The molecule has 3 rings (SSSR count). The number of pyridine rings is 1. The summed E-state index contributed by atoms with van der Waals surface area (Å²) in [6.45, 7) is 1.50. The number of halogens is 1. The van der Waals surface area contributed by atoms with E-state index in [1.54, 1.807) is 0 Å². The Kier molecular flexibility index (Phi) is 3.67. The van der Waals surface area contributed by atoms with Gasteiger partial charge in [0.15, 0.2) is 5.65 Å². The van der Waals surface area contributed by atoms with Gasteiger partial charge in [-0.15, -0.1) is 0 Å². The van der Waals surface area contributed by atoms with Crippen LogP contribution in [0.5, 0.6) is 0 Å². The van der Waals surface area contributed by atoms with E-state index in [1.807, 2.05) is 48.4 Å². The fourth-order valence-electron chi connectivity index (χ4n) is 2.20. The molecule has 0 aliphatic heterocycles. The van der Waals surface area contributed by atoms with Crippen LogP contribution < -0.4 is 5.32 Å². The summed E-state index contributed by atoms with van der Waals surface area (Å²) < 4.78 is 1.90. The Labute approximate surface area is 122 Å². The largest absolute Gasteiger partial charge is 0.316 e. The van der Waals surface area contributed by atoms with Gasteiger partial charge in [-0.3, -0.25) is 0 Å². The van der Waals surface area contributed by atoms with E-state index in [0.29, 0.717) is 6.54 Å². The van der Waals surface area contributed by atoms with E-state index in [-0.39, 0.29) is 0 Å². The van der Waals surface area contributed by atoms with E-state index < -0.39 is 0 Å². The van der Waals surface area contributed by atoms with Crippen LogP contribution in [0, 0.1) is 0 Å². The molecule has 0 unspecified atom stereocenters. The van der Waals surface area contributed by atoms with Crippen LogP contribution in [-0.4, -0.2) is 21.8 Å². The highest BCUT2D eigenvalue weighted by atomic mass is 35.5. The summed E-state index contributed by atoms with van der Waals surface area (Å²) in [7, 11) is 1.92. The summed E-state index contributed by atoms with van der Waals surface area (Å²) in [5.74, 6) is 0. The molecule has 0 atom stereocenters. The van der Waals surface area contributed by atoms with E-state index >= 15 is 0 Å². The van der Waals surface area contributed by atoms with Gasteiger partial charge in [0.1, 0.15) is 0 Å². The Hall–Kier alpha value is -1.91. The molecular formula is C15H15ClN4. The molecule has 0 fully saturated rings. The molecule has 3 aromatic rings. The van der Waals surface area contributed by atoms with Gasteiger partial charge in [-0.25, -0.2) is 9.67 Å². The van der Waals surface area contributed by atoms with Crippen molar-refractivity contribution in [3.8, 4) is 0 Å². The molecule has 0 spiro atoms. The van der Waals surface area contributed by atoms with Crippen molar-refractivity contribution in [3.63, 3.8) is 0 Å². The molecule has 2 heterocycles. The average Bonchev–Trinajstić information content (AvgIpc) is 2.84. The number of hydrogen-bond donors (Lipinski definition) is 1. The van der Waals surface area contributed by atoms with Crippen molar-refractivity contribution >= 4 is 22.6 Å². The first-order chi connectivity index (χ1) is 9.76.